The van der Waals surface area contributed by atoms with Crippen LogP contribution >= 0.6 is 0 Å². The molecule has 0 aliphatic heterocycles. The van der Waals surface area contributed by atoms with Crippen molar-refractivity contribution in [1.82, 2.24) is 20.3 Å². The average Bonchev–Trinajstić information content (AvgIpc) is 2.91. The van der Waals surface area contributed by atoms with Crippen molar-refractivity contribution < 1.29 is 14.7 Å². The molecule has 0 saturated heterocycles. The molecular weight excluding hydrogens is 260 g/mol. The van der Waals surface area contributed by atoms with E-state index in [-0.39, 0.29) is 6.42 Å². The maximum Gasteiger partial charge on any atom is 0.326 e. The molecule has 0 unspecified atom stereocenters. The summed E-state index contributed by atoms with van der Waals surface area (Å²) < 4.78 is 0. The molecule has 1 atom stereocenters. The summed E-state index contributed by atoms with van der Waals surface area (Å²) in [4.78, 5) is 33.8. The number of hydrogen-bond acceptors (Lipinski definition) is 4. The Morgan fingerprint density at radius 1 is 1.40 bits per heavy atom. The minimum Gasteiger partial charge on any atom is -0.480 e. The zero-order valence-corrected chi connectivity index (χ0v) is 10.8. The fourth-order valence-corrected chi connectivity index (χ4v) is 1.66. The van der Waals surface area contributed by atoms with Gasteiger partial charge in [0, 0.05) is 30.2 Å². The fraction of sp³-hybridized carbons (Fsp3) is 0.231. The van der Waals surface area contributed by atoms with Crippen LogP contribution in [-0.4, -0.2) is 38.0 Å². The number of H-pyrrole nitrogens is 1. The fourth-order valence-electron chi connectivity index (χ4n) is 1.66. The number of nitrogens with zero attached hydrogens (tertiary/aromatic N) is 2. The Hall–Kier alpha value is -2.70. The number of aryl methyl sites for hydroxylation is 1. The molecule has 0 aliphatic carbocycles. The summed E-state index contributed by atoms with van der Waals surface area (Å²) in [6, 6.07) is 2.27. The van der Waals surface area contributed by atoms with E-state index in [1.807, 2.05) is 0 Å². The van der Waals surface area contributed by atoms with Gasteiger partial charge in [-0.2, -0.15) is 0 Å². The highest BCUT2D eigenvalue weighted by atomic mass is 16.4. The molecule has 104 valence electrons. The highest BCUT2D eigenvalue weighted by Crippen LogP contribution is 2.03. The third-order valence-corrected chi connectivity index (χ3v) is 2.76. The van der Waals surface area contributed by atoms with E-state index in [9.17, 15) is 9.59 Å². The van der Waals surface area contributed by atoms with Gasteiger partial charge in [0.1, 0.15) is 6.04 Å². The van der Waals surface area contributed by atoms with Crippen LogP contribution in [0.5, 0.6) is 0 Å². The maximum atomic E-state index is 12.0. The SMILES string of the molecule is Cc1ccc(C(=O)N[C@H](Cc2cnc[nH]2)C(=O)O)cn1. The third-order valence-electron chi connectivity index (χ3n) is 2.76. The van der Waals surface area contributed by atoms with Crippen molar-refractivity contribution in [2.24, 2.45) is 0 Å². The number of hydrogen-bond donors (Lipinski definition) is 3. The molecule has 2 aromatic heterocycles. The van der Waals surface area contributed by atoms with Gasteiger partial charge in [-0.3, -0.25) is 9.78 Å². The molecule has 0 saturated carbocycles. The minimum atomic E-state index is -1.10. The Balaban J connectivity index is 2.06. The van der Waals surface area contributed by atoms with Gasteiger partial charge in [-0.1, -0.05) is 0 Å². The number of aromatic amines is 1. The van der Waals surface area contributed by atoms with Crippen molar-refractivity contribution in [1.29, 1.82) is 0 Å². The third kappa shape index (κ3) is 3.41. The highest BCUT2D eigenvalue weighted by molar-refractivity contribution is 5.96. The number of carboxylic acid groups (broad SMARTS) is 1. The van der Waals surface area contributed by atoms with Crippen LogP contribution < -0.4 is 5.32 Å². The number of carboxylic acids is 1. The number of carbonyl (C=O) groups is 2. The van der Waals surface area contributed by atoms with Gasteiger partial charge in [0.2, 0.25) is 0 Å². The van der Waals surface area contributed by atoms with E-state index in [0.717, 1.165) is 5.69 Å². The van der Waals surface area contributed by atoms with Crippen molar-refractivity contribution in [2.45, 2.75) is 19.4 Å². The lowest BCUT2D eigenvalue weighted by molar-refractivity contribution is -0.139. The number of carbonyl (C=O) groups excluding carboxylic acids is 1. The molecule has 0 bridgehead atoms. The molecule has 7 heteroatoms. The first-order chi connectivity index (χ1) is 9.56. The maximum absolute atomic E-state index is 12.0. The molecule has 20 heavy (non-hydrogen) atoms. The predicted octanol–water partition coefficient (Wildman–Crippen LogP) is 0.539. The molecule has 2 aromatic rings. The summed E-state index contributed by atoms with van der Waals surface area (Å²) in [5.41, 5.74) is 1.75. The lowest BCUT2D eigenvalue weighted by Gasteiger charge is -2.13. The number of amides is 1. The van der Waals surface area contributed by atoms with Crippen LogP contribution in [0.15, 0.2) is 30.9 Å². The van der Waals surface area contributed by atoms with E-state index in [1.165, 1.54) is 18.7 Å². The number of pyridine rings is 1. The normalized spacial score (nSPS) is 11.8. The van der Waals surface area contributed by atoms with E-state index < -0.39 is 17.9 Å². The van der Waals surface area contributed by atoms with Gasteiger partial charge in [-0.05, 0) is 19.1 Å². The smallest absolute Gasteiger partial charge is 0.326 e. The molecule has 2 rings (SSSR count). The molecular formula is C13H14N4O3. The van der Waals surface area contributed by atoms with Crippen molar-refractivity contribution in [2.75, 3.05) is 0 Å². The van der Waals surface area contributed by atoms with Crippen molar-refractivity contribution in [3.05, 3.63) is 47.8 Å². The number of imidazole rings is 1. The van der Waals surface area contributed by atoms with Gasteiger partial charge in [-0.15, -0.1) is 0 Å². The van der Waals surface area contributed by atoms with Crippen LogP contribution in [0.4, 0.5) is 0 Å². The van der Waals surface area contributed by atoms with E-state index in [1.54, 1.807) is 19.1 Å². The van der Waals surface area contributed by atoms with Crippen LogP contribution in [-0.2, 0) is 11.2 Å². The number of rotatable bonds is 5. The van der Waals surface area contributed by atoms with Crippen LogP contribution in [0, 0.1) is 6.92 Å². The predicted molar refractivity (Wildman–Crippen MR) is 70.2 cm³/mol. The quantitative estimate of drug-likeness (QED) is 0.737. The summed E-state index contributed by atoms with van der Waals surface area (Å²) in [6.45, 7) is 1.81. The Morgan fingerprint density at radius 2 is 2.20 bits per heavy atom. The summed E-state index contributed by atoms with van der Waals surface area (Å²) in [7, 11) is 0. The summed E-state index contributed by atoms with van der Waals surface area (Å²) in [6.07, 6.45) is 4.54. The van der Waals surface area contributed by atoms with Crippen molar-refractivity contribution in [3.8, 4) is 0 Å². The molecule has 3 N–H and O–H groups in total. The zero-order valence-electron chi connectivity index (χ0n) is 10.8. The molecule has 0 aliphatic rings. The standard InChI is InChI=1S/C13H14N4O3/c1-8-2-3-9(5-15-8)12(18)17-11(13(19)20)4-10-6-14-7-16-10/h2-3,5-7,11H,4H2,1H3,(H,14,16)(H,17,18)(H,19,20)/t11-/m1/s1. The molecule has 1 amide bonds. The van der Waals surface area contributed by atoms with Crippen LogP contribution in [0.1, 0.15) is 21.7 Å². The first-order valence-electron chi connectivity index (χ1n) is 6.00. The number of aliphatic carboxylic acids is 1. The second-order valence-electron chi connectivity index (χ2n) is 4.33. The van der Waals surface area contributed by atoms with Gasteiger partial charge >= 0.3 is 5.97 Å². The Labute approximate surface area is 115 Å². The van der Waals surface area contributed by atoms with E-state index in [4.69, 9.17) is 5.11 Å². The van der Waals surface area contributed by atoms with Gasteiger partial charge in [0.15, 0.2) is 0 Å². The first-order valence-corrected chi connectivity index (χ1v) is 6.00. The van der Waals surface area contributed by atoms with Crippen molar-refractivity contribution in [3.63, 3.8) is 0 Å². The molecule has 7 nitrogen and oxygen atoms in total. The van der Waals surface area contributed by atoms with Crippen molar-refractivity contribution >= 4 is 11.9 Å². The largest absolute Gasteiger partial charge is 0.480 e. The Bertz CT molecular complexity index is 593. The lowest BCUT2D eigenvalue weighted by atomic mass is 10.1. The average molecular weight is 274 g/mol. The molecule has 0 spiro atoms. The van der Waals surface area contributed by atoms with E-state index >= 15 is 0 Å². The molecule has 0 radical (unpaired) electrons. The molecule has 2 heterocycles. The van der Waals surface area contributed by atoms with Gasteiger partial charge in [-0.25, -0.2) is 9.78 Å². The molecule has 0 fully saturated rings. The zero-order chi connectivity index (χ0) is 14.5. The first kappa shape index (κ1) is 13.7. The monoisotopic (exact) mass is 274 g/mol. The highest BCUT2D eigenvalue weighted by Gasteiger charge is 2.21. The summed E-state index contributed by atoms with van der Waals surface area (Å²) in [5, 5.41) is 11.6. The van der Waals surface area contributed by atoms with Gasteiger partial charge in [0.05, 0.1) is 11.9 Å². The van der Waals surface area contributed by atoms with Crippen LogP contribution in [0.3, 0.4) is 0 Å². The molecule has 0 aromatic carbocycles. The van der Waals surface area contributed by atoms with E-state index in [0.29, 0.717) is 11.3 Å². The number of aromatic nitrogens is 3. The Morgan fingerprint density at radius 3 is 2.75 bits per heavy atom. The topological polar surface area (TPSA) is 108 Å². The van der Waals surface area contributed by atoms with Gasteiger partial charge < -0.3 is 15.4 Å². The Kier molecular flexibility index (Phi) is 4.09. The van der Waals surface area contributed by atoms with E-state index in [2.05, 4.69) is 20.3 Å². The van der Waals surface area contributed by atoms with Crippen LogP contribution in [0.25, 0.3) is 0 Å². The van der Waals surface area contributed by atoms with Gasteiger partial charge in [0.25, 0.3) is 5.91 Å². The minimum absolute atomic E-state index is 0.139. The summed E-state index contributed by atoms with van der Waals surface area (Å²) in [5.74, 6) is -1.57. The van der Waals surface area contributed by atoms with Crippen LogP contribution in [0.2, 0.25) is 0 Å². The second kappa shape index (κ2) is 5.96. The number of nitrogens with one attached hydrogen (secondary N) is 2. The second-order valence-corrected chi connectivity index (χ2v) is 4.33. The summed E-state index contributed by atoms with van der Waals surface area (Å²) >= 11 is 0. The lowest BCUT2D eigenvalue weighted by Crippen LogP contribution is -2.42.